The van der Waals surface area contributed by atoms with Crippen molar-refractivity contribution in [2.24, 2.45) is 0 Å². The van der Waals surface area contributed by atoms with Crippen molar-refractivity contribution < 1.29 is 28.6 Å². The fourth-order valence-electron chi connectivity index (χ4n) is 2.92. The first-order valence-electron chi connectivity index (χ1n) is 13.1. The average Bonchev–Trinajstić information content (AvgIpc) is 2.83. The molecule has 0 N–H and O–H groups in total. The lowest BCUT2D eigenvalue weighted by molar-refractivity contribution is -0.166. The Kier molecular flexibility index (Phi) is 22.7. The van der Waals surface area contributed by atoms with Gasteiger partial charge in [0.15, 0.2) is 6.10 Å². The monoisotopic (exact) mass is 490 g/mol. The number of allylic oxidation sites excluding steroid dienone is 8. The van der Waals surface area contributed by atoms with E-state index >= 15 is 0 Å². The molecule has 0 fully saturated rings. The summed E-state index contributed by atoms with van der Waals surface area (Å²) in [6.07, 6.45) is 26.0. The highest BCUT2D eigenvalue weighted by molar-refractivity contribution is 5.70. The van der Waals surface area contributed by atoms with Gasteiger partial charge in [0.25, 0.3) is 0 Å². The van der Waals surface area contributed by atoms with E-state index in [4.69, 9.17) is 14.2 Å². The van der Waals surface area contributed by atoms with E-state index in [1.807, 2.05) is 24.3 Å². The van der Waals surface area contributed by atoms with E-state index in [1.54, 1.807) is 0 Å². The van der Waals surface area contributed by atoms with Crippen LogP contribution in [0, 0.1) is 0 Å². The van der Waals surface area contributed by atoms with E-state index in [1.165, 1.54) is 26.2 Å². The van der Waals surface area contributed by atoms with E-state index in [-0.39, 0.29) is 32.0 Å². The summed E-state index contributed by atoms with van der Waals surface area (Å²) in [5, 5.41) is 0. The van der Waals surface area contributed by atoms with Gasteiger partial charge in [-0.05, 0) is 44.9 Å². The Bertz CT molecular complexity index is 675. The third kappa shape index (κ3) is 24.3. The molecule has 35 heavy (non-hydrogen) atoms. The van der Waals surface area contributed by atoms with Crippen molar-refractivity contribution in [2.75, 3.05) is 13.2 Å². The summed E-state index contributed by atoms with van der Waals surface area (Å²) in [4.78, 5) is 35.3. The zero-order chi connectivity index (χ0) is 26.0. The SMILES string of the molecule is CCC/C=C\C/C=C\CCC(=O)OCC(COC(C)=O)OC(=O)CC/C=C\C/C=C/CCCCC. The molecule has 6 heteroatoms. The molecule has 0 heterocycles. The van der Waals surface area contributed by atoms with Crippen LogP contribution in [0.3, 0.4) is 0 Å². The van der Waals surface area contributed by atoms with E-state index in [9.17, 15) is 14.4 Å². The summed E-state index contributed by atoms with van der Waals surface area (Å²) in [6.45, 7) is 5.32. The number of esters is 3. The molecule has 0 aromatic heterocycles. The molecule has 0 rings (SSSR count). The Balaban J connectivity index is 4.22. The van der Waals surface area contributed by atoms with Gasteiger partial charge in [-0.25, -0.2) is 0 Å². The maximum atomic E-state index is 12.2. The number of carbonyl (C=O) groups excluding carboxylic acids is 3. The van der Waals surface area contributed by atoms with Crippen LogP contribution in [-0.4, -0.2) is 37.2 Å². The Morgan fingerprint density at radius 2 is 1.17 bits per heavy atom. The second kappa shape index (κ2) is 24.5. The van der Waals surface area contributed by atoms with Crippen molar-refractivity contribution in [3.05, 3.63) is 48.6 Å². The van der Waals surface area contributed by atoms with Gasteiger partial charge in [-0.15, -0.1) is 0 Å². The molecule has 0 aliphatic heterocycles. The fraction of sp³-hybridized carbons (Fsp3) is 0.621. The normalized spacial score (nSPS) is 12.7. The summed E-state index contributed by atoms with van der Waals surface area (Å²) >= 11 is 0. The molecule has 6 nitrogen and oxygen atoms in total. The van der Waals surface area contributed by atoms with Gasteiger partial charge in [-0.3, -0.25) is 14.4 Å². The molecule has 1 atom stereocenters. The van der Waals surface area contributed by atoms with E-state index in [0.29, 0.717) is 12.8 Å². The van der Waals surface area contributed by atoms with Crippen molar-refractivity contribution in [1.29, 1.82) is 0 Å². The lowest BCUT2D eigenvalue weighted by Gasteiger charge is -2.17. The second-order valence-electron chi connectivity index (χ2n) is 8.32. The highest BCUT2D eigenvalue weighted by Gasteiger charge is 2.18. The van der Waals surface area contributed by atoms with Crippen LogP contribution in [0.1, 0.15) is 97.8 Å². The quantitative estimate of drug-likeness (QED) is 0.0749. The Labute approximate surface area is 212 Å². The predicted molar refractivity (Wildman–Crippen MR) is 141 cm³/mol. The maximum Gasteiger partial charge on any atom is 0.306 e. The number of rotatable bonds is 21. The molecule has 0 spiro atoms. The Morgan fingerprint density at radius 1 is 0.629 bits per heavy atom. The summed E-state index contributed by atoms with van der Waals surface area (Å²) in [5.74, 6) is -1.29. The molecule has 0 amide bonds. The summed E-state index contributed by atoms with van der Waals surface area (Å²) in [5.41, 5.74) is 0. The summed E-state index contributed by atoms with van der Waals surface area (Å²) < 4.78 is 15.5. The topological polar surface area (TPSA) is 78.9 Å². The number of carbonyl (C=O) groups is 3. The van der Waals surface area contributed by atoms with Crippen molar-refractivity contribution in [3.63, 3.8) is 0 Å². The van der Waals surface area contributed by atoms with Crippen molar-refractivity contribution in [2.45, 2.75) is 104 Å². The minimum Gasteiger partial charge on any atom is -0.462 e. The maximum absolute atomic E-state index is 12.2. The molecule has 0 saturated carbocycles. The minimum absolute atomic E-state index is 0.139. The molecule has 0 saturated heterocycles. The number of unbranched alkanes of at least 4 members (excludes halogenated alkanes) is 4. The molecule has 0 bridgehead atoms. The van der Waals surface area contributed by atoms with E-state index in [0.717, 1.165) is 32.1 Å². The standard InChI is InChI=1S/C29H46O6/c1-4-6-8-10-12-14-15-17-19-21-23-29(32)35-27(24-33-26(3)30)25-34-28(31)22-20-18-16-13-11-9-7-5-2/h9,11-12,14,16-19,27H,4-8,10,13,15,20-25H2,1-3H3/b11-9-,14-12+,18-16-,19-17-. The highest BCUT2D eigenvalue weighted by Crippen LogP contribution is 2.05. The first-order chi connectivity index (χ1) is 17.0. The Morgan fingerprint density at radius 3 is 1.74 bits per heavy atom. The van der Waals surface area contributed by atoms with Crippen molar-refractivity contribution in [3.8, 4) is 0 Å². The van der Waals surface area contributed by atoms with Crippen LogP contribution in [0.25, 0.3) is 0 Å². The lowest BCUT2D eigenvalue weighted by Crippen LogP contribution is -2.30. The van der Waals surface area contributed by atoms with Gasteiger partial charge in [0.2, 0.25) is 0 Å². The summed E-state index contributed by atoms with van der Waals surface area (Å²) in [6, 6.07) is 0. The van der Waals surface area contributed by atoms with Gasteiger partial charge in [-0.1, -0.05) is 81.7 Å². The third-order valence-electron chi connectivity index (χ3n) is 4.87. The van der Waals surface area contributed by atoms with Crippen LogP contribution in [0.2, 0.25) is 0 Å². The van der Waals surface area contributed by atoms with Gasteiger partial charge in [-0.2, -0.15) is 0 Å². The first-order valence-corrected chi connectivity index (χ1v) is 13.1. The van der Waals surface area contributed by atoms with E-state index in [2.05, 4.69) is 38.2 Å². The van der Waals surface area contributed by atoms with Crippen molar-refractivity contribution in [1.82, 2.24) is 0 Å². The molecule has 0 aromatic carbocycles. The average molecular weight is 491 g/mol. The minimum atomic E-state index is -0.815. The molecular weight excluding hydrogens is 444 g/mol. The molecule has 0 aliphatic rings. The third-order valence-corrected chi connectivity index (χ3v) is 4.87. The van der Waals surface area contributed by atoms with Gasteiger partial charge in [0.1, 0.15) is 13.2 Å². The number of hydrogen-bond donors (Lipinski definition) is 0. The van der Waals surface area contributed by atoms with Crippen LogP contribution in [0.15, 0.2) is 48.6 Å². The van der Waals surface area contributed by atoms with Crippen molar-refractivity contribution >= 4 is 17.9 Å². The van der Waals surface area contributed by atoms with Crippen LogP contribution in [0.5, 0.6) is 0 Å². The zero-order valence-corrected chi connectivity index (χ0v) is 22.0. The zero-order valence-electron chi connectivity index (χ0n) is 22.0. The van der Waals surface area contributed by atoms with Crippen LogP contribution in [0.4, 0.5) is 0 Å². The van der Waals surface area contributed by atoms with Gasteiger partial charge >= 0.3 is 17.9 Å². The Hall–Kier alpha value is -2.63. The van der Waals surface area contributed by atoms with Gasteiger partial charge in [0.05, 0.1) is 0 Å². The summed E-state index contributed by atoms with van der Waals surface area (Å²) in [7, 11) is 0. The van der Waals surface area contributed by atoms with Crippen LogP contribution < -0.4 is 0 Å². The molecule has 198 valence electrons. The fourth-order valence-corrected chi connectivity index (χ4v) is 2.92. The predicted octanol–water partition coefficient (Wildman–Crippen LogP) is 6.95. The van der Waals surface area contributed by atoms with Crippen LogP contribution in [-0.2, 0) is 28.6 Å². The largest absolute Gasteiger partial charge is 0.462 e. The molecule has 0 radical (unpaired) electrons. The smallest absolute Gasteiger partial charge is 0.306 e. The molecule has 0 aliphatic carbocycles. The van der Waals surface area contributed by atoms with E-state index < -0.39 is 18.0 Å². The molecular formula is C29H46O6. The molecule has 1 unspecified atom stereocenters. The highest BCUT2D eigenvalue weighted by atomic mass is 16.6. The number of hydrogen-bond acceptors (Lipinski definition) is 6. The first kappa shape index (κ1) is 32.4. The second-order valence-corrected chi connectivity index (χ2v) is 8.32. The number of ether oxygens (including phenoxy) is 3. The van der Waals surface area contributed by atoms with Gasteiger partial charge < -0.3 is 14.2 Å². The van der Waals surface area contributed by atoms with Gasteiger partial charge in [0, 0.05) is 19.8 Å². The lowest BCUT2D eigenvalue weighted by atomic mass is 10.2. The van der Waals surface area contributed by atoms with Crippen LogP contribution >= 0.6 is 0 Å². The molecule has 0 aromatic rings.